The van der Waals surface area contributed by atoms with E-state index in [1.807, 2.05) is 11.5 Å². The van der Waals surface area contributed by atoms with Crippen molar-refractivity contribution in [3.63, 3.8) is 0 Å². The Kier molecular flexibility index (Phi) is 4.61. The monoisotopic (exact) mass is 382 g/mol. The lowest BCUT2D eigenvalue weighted by Crippen LogP contribution is -2.52. The summed E-state index contributed by atoms with van der Waals surface area (Å²) in [4.78, 5) is 31.4. The van der Waals surface area contributed by atoms with Crippen LogP contribution in [-0.4, -0.2) is 20.7 Å². The number of aryl methyl sites for hydroxylation is 2. The van der Waals surface area contributed by atoms with Crippen LogP contribution in [0.5, 0.6) is 0 Å². The molecule has 4 rings (SSSR count). The molecule has 28 heavy (non-hydrogen) atoms. The third-order valence-corrected chi connectivity index (χ3v) is 5.63. The van der Waals surface area contributed by atoms with Crippen molar-refractivity contribution in [1.82, 2.24) is 14.1 Å². The highest BCUT2D eigenvalue weighted by Gasteiger charge is 2.35. The molecule has 148 valence electrons. The number of aromatic amines is 1. The third kappa shape index (κ3) is 2.77. The fraction of sp³-hybridized carbons (Fsp3) is 0.476. The van der Waals surface area contributed by atoms with Gasteiger partial charge in [-0.1, -0.05) is 32.9 Å². The summed E-state index contributed by atoms with van der Waals surface area (Å²) in [7, 11) is 1.72. The number of aromatic nitrogens is 4. The van der Waals surface area contributed by atoms with Gasteiger partial charge in [0.15, 0.2) is 0 Å². The van der Waals surface area contributed by atoms with E-state index in [-0.39, 0.29) is 11.2 Å². The van der Waals surface area contributed by atoms with Gasteiger partial charge in [-0.05, 0) is 30.5 Å². The Labute approximate surface area is 163 Å². The Bertz CT molecular complexity index is 1140. The van der Waals surface area contributed by atoms with Crippen LogP contribution in [0, 0.1) is 5.92 Å². The SMILES string of the molecule is CCCn1c(=O)c2c([nH]c3[n+]2C[C@@H](C)CN3c2ccc(CC)cc2)n(C)c1=O. The molecular weight excluding hydrogens is 354 g/mol. The molecule has 1 aliphatic heterocycles. The Morgan fingerprint density at radius 2 is 1.89 bits per heavy atom. The number of imidazole rings is 1. The molecule has 0 saturated carbocycles. The van der Waals surface area contributed by atoms with E-state index < -0.39 is 0 Å². The van der Waals surface area contributed by atoms with Crippen molar-refractivity contribution in [2.24, 2.45) is 13.0 Å². The summed E-state index contributed by atoms with van der Waals surface area (Å²) < 4.78 is 4.95. The molecule has 0 unspecified atom stereocenters. The molecule has 2 aromatic heterocycles. The minimum Gasteiger partial charge on any atom is -0.267 e. The zero-order valence-electron chi connectivity index (χ0n) is 17.0. The highest BCUT2D eigenvalue weighted by atomic mass is 16.2. The van der Waals surface area contributed by atoms with Crippen molar-refractivity contribution in [2.75, 3.05) is 11.4 Å². The van der Waals surface area contributed by atoms with Gasteiger partial charge in [0.25, 0.3) is 5.56 Å². The first-order chi connectivity index (χ1) is 13.5. The summed E-state index contributed by atoms with van der Waals surface area (Å²) in [5.41, 5.74) is 3.06. The van der Waals surface area contributed by atoms with Crippen LogP contribution >= 0.6 is 0 Å². The maximum absolute atomic E-state index is 13.1. The Balaban J connectivity index is 1.96. The first kappa shape index (κ1) is 18.5. The highest BCUT2D eigenvalue weighted by Crippen LogP contribution is 2.28. The highest BCUT2D eigenvalue weighted by molar-refractivity contribution is 5.70. The minimum absolute atomic E-state index is 0.210. The lowest BCUT2D eigenvalue weighted by atomic mass is 10.1. The molecule has 7 nitrogen and oxygen atoms in total. The van der Waals surface area contributed by atoms with Crippen LogP contribution in [0.3, 0.4) is 0 Å². The van der Waals surface area contributed by atoms with Gasteiger partial charge >= 0.3 is 11.6 Å². The van der Waals surface area contributed by atoms with Crippen molar-refractivity contribution in [3.8, 4) is 0 Å². The lowest BCUT2D eigenvalue weighted by Gasteiger charge is -2.26. The molecule has 0 radical (unpaired) electrons. The molecule has 0 amide bonds. The van der Waals surface area contributed by atoms with Crippen molar-refractivity contribution < 1.29 is 4.57 Å². The van der Waals surface area contributed by atoms with E-state index in [0.29, 0.717) is 23.6 Å². The molecule has 0 saturated heterocycles. The second kappa shape index (κ2) is 6.96. The molecule has 7 heteroatoms. The zero-order valence-corrected chi connectivity index (χ0v) is 17.0. The number of nitrogens with zero attached hydrogens (tertiary/aromatic N) is 4. The van der Waals surface area contributed by atoms with Gasteiger partial charge in [0.1, 0.15) is 5.69 Å². The van der Waals surface area contributed by atoms with Crippen LogP contribution in [0.4, 0.5) is 11.6 Å². The van der Waals surface area contributed by atoms with Crippen LogP contribution in [0.2, 0.25) is 0 Å². The fourth-order valence-electron chi connectivity index (χ4n) is 4.14. The standard InChI is InChI=1S/C21H27N5O2/c1-5-11-24-19(27)17-18(23(4)21(24)28)22-20-25(12-14(3)13-26(17)20)16-9-7-15(6-2)8-10-16/h7-10,14H,5-6,11-13H2,1-4H3/p+1/t14-/m0/s1. The van der Waals surface area contributed by atoms with E-state index in [9.17, 15) is 9.59 Å². The molecule has 0 bridgehead atoms. The second-order valence-electron chi connectivity index (χ2n) is 7.79. The third-order valence-electron chi connectivity index (χ3n) is 5.63. The number of anilines is 2. The van der Waals surface area contributed by atoms with Gasteiger partial charge in [-0.2, -0.15) is 0 Å². The van der Waals surface area contributed by atoms with E-state index in [0.717, 1.165) is 37.6 Å². The molecule has 0 aliphatic carbocycles. The van der Waals surface area contributed by atoms with Crippen LogP contribution in [0.15, 0.2) is 33.9 Å². The first-order valence-electron chi connectivity index (χ1n) is 10.1. The van der Waals surface area contributed by atoms with Crippen LogP contribution in [0.1, 0.15) is 32.8 Å². The van der Waals surface area contributed by atoms with E-state index >= 15 is 0 Å². The van der Waals surface area contributed by atoms with Gasteiger partial charge in [0.2, 0.25) is 11.2 Å². The average molecular weight is 382 g/mol. The average Bonchev–Trinajstić information content (AvgIpc) is 3.08. The van der Waals surface area contributed by atoms with Gasteiger partial charge in [-0.3, -0.25) is 13.9 Å². The van der Waals surface area contributed by atoms with Crippen LogP contribution < -0.4 is 20.7 Å². The molecule has 3 aromatic rings. The predicted molar refractivity (Wildman–Crippen MR) is 110 cm³/mol. The summed E-state index contributed by atoms with van der Waals surface area (Å²) in [6.45, 7) is 8.34. The molecule has 1 N–H and O–H groups in total. The van der Waals surface area contributed by atoms with Crippen LogP contribution in [-0.2, 0) is 26.6 Å². The largest absolute Gasteiger partial charge is 0.364 e. The van der Waals surface area contributed by atoms with Gasteiger partial charge in [-0.25, -0.2) is 19.2 Å². The molecule has 1 aromatic carbocycles. The minimum atomic E-state index is -0.273. The summed E-state index contributed by atoms with van der Waals surface area (Å²) in [5.74, 6) is 1.23. The van der Waals surface area contributed by atoms with Crippen molar-refractivity contribution in [1.29, 1.82) is 0 Å². The smallest absolute Gasteiger partial charge is 0.267 e. The molecule has 0 fully saturated rings. The normalized spacial score (nSPS) is 16.6. The zero-order chi connectivity index (χ0) is 20.0. The fourth-order valence-corrected chi connectivity index (χ4v) is 4.14. The van der Waals surface area contributed by atoms with Crippen molar-refractivity contribution in [3.05, 3.63) is 50.7 Å². The molecule has 3 heterocycles. The molecule has 1 aliphatic rings. The number of nitrogens with one attached hydrogen (secondary N) is 1. The number of H-pyrrole nitrogens is 1. The van der Waals surface area contributed by atoms with Gasteiger partial charge in [0.05, 0.1) is 13.1 Å². The van der Waals surface area contributed by atoms with Crippen molar-refractivity contribution >= 4 is 22.8 Å². The van der Waals surface area contributed by atoms with Crippen LogP contribution in [0.25, 0.3) is 11.2 Å². The predicted octanol–water partition coefficient (Wildman–Crippen LogP) is 2.08. The van der Waals surface area contributed by atoms with Crippen molar-refractivity contribution in [2.45, 2.75) is 46.7 Å². The maximum atomic E-state index is 13.1. The summed E-state index contributed by atoms with van der Waals surface area (Å²) in [6.07, 6.45) is 1.74. The van der Waals surface area contributed by atoms with Gasteiger partial charge in [-0.15, -0.1) is 0 Å². The Morgan fingerprint density at radius 3 is 2.54 bits per heavy atom. The number of benzene rings is 1. The summed E-state index contributed by atoms with van der Waals surface area (Å²) in [6, 6.07) is 8.54. The molecule has 1 atom stereocenters. The molecule has 0 spiro atoms. The number of hydrogen-bond donors (Lipinski definition) is 1. The lowest BCUT2D eigenvalue weighted by molar-refractivity contribution is -0.669. The summed E-state index contributed by atoms with van der Waals surface area (Å²) in [5, 5.41) is 0. The topological polar surface area (TPSA) is 66.9 Å². The Hall–Kier alpha value is -2.83. The molecular formula is C21H28N5O2+. The number of fused-ring (bicyclic) bond motifs is 3. The second-order valence-corrected chi connectivity index (χ2v) is 7.79. The van der Waals surface area contributed by atoms with Gasteiger partial charge in [0, 0.05) is 19.5 Å². The van der Waals surface area contributed by atoms with E-state index in [2.05, 4.69) is 48.0 Å². The number of hydrogen-bond acceptors (Lipinski definition) is 3. The quantitative estimate of drug-likeness (QED) is 0.703. The maximum Gasteiger partial charge on any atom is 0.364 e. The van der Waals surface area contributed by atoms with E-state index in [4.69, 9.17) is 0 Å². The number of rotatable bonds is 4. The first-order valence-corrected chi connectivity index (χ1v) is 10.1. The Morgan fingerprint density at radius 1 is 1.18 bits per heavy atom. The van der Waals surface area contributed by atoms with E-state index in [1.54, 1.807) is 11.6 Å². The van der Waals surface area contributed by atoms with E-state index in [1.165, 1.54) is 10.1 Å². The van der Waals surface area contributed by atoms with Gasteiger partial charge < -0.3 is 0 Å². The summed E-state index contributed by atoms with van der Waals surface area (Å²) >= 11 is 0.